The number of hydrogen-bond donors (Lipinski definition) is 2. The quantitative estimate of drug-likeness (QED) is 0.855. The zero-order chi connectivity index (χ0) is 13.7. The predicted octanol–water partition coefficient (Wildman–Crippen LogP) is 2.21. The molecule has 0 aliphatic carbocycles. The number of halogens is 1. The molecular weight excluding hydrogens is 308 g/mol. The van der Waals surface area contributed by atoms with E-state index in [9.17, 15) is 0 Å². The molecule has 0 saturated heterocycles. The van der Waals surface area contributed by atoms with E-state index in [2.05, 4.69) is 50.6 Å². The monoisotopic (exact) mass is 324 g/mol. The van der Waals surface area contributed by atoms with Gasteiger partial charge in [0.15, 0.2) is 0 Å². The van der Waals surface area contributed by atoms with Crippen LogP contribution in [0.4, 0.5) is 5.69 Å². The molecule has 1 aromatic heterocycles. The summed E-state index contributed by atoms with van der Waals surface area (Å²) in [4.78, 5) is 0. The third-order valence-corrected chi connectivity index (χ3v) is 3.32. The maximum absolute atomic E-state index is 8.82. The van der Waals surface area contributed by atoms with Gasteiger partial charge in [0.1, 0.15) is 5.69 Å². The van der Waals surface area contributed by atoms with Gasteiger partial charge in [0.2, 0.25) is 0 Å². The van der Waals surface area contributed by atoms with Gasteiger partial charge < -0.3 is 10.4 Å². The lowest BCUT2D eigenvalue weighted by Gasteiger charge is -2.10. The summed E-state index contributed by atoms with van der Waals surface area (Å²) >= 11 is 3.48. The van der Waals surface area contributed by atoms with Crippen LogP contribution < -0.4 is 5.32 Å². The molecule has 0 saturated carbocycles. The molecule has 102 valence electrons. The van der Waals surface area contributed by atoms with Gasteiger partial charge in [0.25, 0.3) is 0 Å². The minimum atomic E-state index is 0.0723. The van der Waals surface area contributed by atoms with Crippen LogP contribution in [0.1, 0.15) is 18.2 Å². The second kappa shape index (κ2) is 6.68. The van der Waals surface area contributed by atoms with E-state index in [0.717, 1.165) is 22.3 Å². The minimum absolute atomic E-state index is 0.0723. The van der Waals surface area contributed by atoms with Crippen molar-refractivity contribution < 1.29 is 5.11 Å². The maximum Gasteiger partial charge on any atom is 0.102 e. The summed E-state index contributed by atoms with van der Waals surface area (Å²) < 4.78 is 2.73. The van der Waals surface area contributed by atoms with Crippen LogP contribution in [0.2, 0.25) is 0 Å². The lowest BCUT2D eigenvalue weighted by atomic mass is 10.1. The van der Waals surface area contributed by atoms with E-state index in [1.807, 2.05) is 12.3 Å². The average molecular weight is 325 g/mol. The Kier molecular flexibility index (Phi) is 4.93. The Morgan fingerprint density at radius 2 is 2.26 bits per heavy atom. The van der Waals surface area contributed by atoms with Crippen molar-refractivity contribution in [1.82, 2.24) is 15.0 Å². The molecule has 0 aliphatic rings. The van der Waals surface area contributed by atoms with E-state index in [1.54, 1.807) is 4.68 Å². The van der Waals surface area contributed by atoms with E-state index in [0.29, 0.717) is 13.1 Å². The average Bonchev–Trinajstić information content (AvgIpc) is 2.85. The zero-order valence-electron chi connectivity index (χ0n) is 10.8. The molecule has 0 spiro atoms. The van der Waals surface area contributed by atoms with Crippen LogP contribution in [-0.2, 0) is 19.5 Å². The summed E-state index contributed by atoms with van der Waals surface area (Å²) in [5.41, 5.74) is 3.23. The van der Waals surface area contributed by atoms with Crippen molar-refractivity contribution in [3.8, 4) is 0 Å². The minimum Gasteiger partial charge on any atom is -0.394 e. The predicted molar refractivity (Wildman–Crippen MR) is 78.0 cm³/mol. The Labute approximate surface area is 120 Å². The number of benzene rings is 1. The van der Waals surface area contributed by atoms with Crippen molar-refractivity contribution in [2.45, 2.75) is 26.4 Å². The highest BCUT2D eigenvalue weighted by molar-refractivity contribution is 9.10. The van der Waals surface area contributed by atoms with Gasteiger partial charge in [-0.2, -0.15) is 0 Å². The SMILES string of the molecule is CCc1cc(Br)ccc1NCc1cn(CCO)nn1. The third kappa shape index (κ3) is 3.78. The van der Waals surface area contributed by atoms with Crippen molar-refractivity contribution in [2.24, 2.45) is 0 Å². The van der Waals surface area contributed by atoms with Crippen molar-refractivity contribution in [1.29, 1.82) is 0 Å². The number of anilines is 1. The molecule has 0 unspecified atom stereocenters. The molecule has 1 aromatic carbocycles. The molecule has 0 fully saturated rings. The summed E-state index contributed by atoms with van der Waals surface area (Å²) in [6.07, 6.45) is 2.81. The van der Waals surface area contributed by atoms with Gasteiger partial charge in [0.05, 0.1) is 25.9 Å². The number of aliphatic hydroxyl groups is 1. The molecular formula is C13H17BrN4O. The molecule has 2 rings (SSSR count). The smallest absolute Gasteiger partial charge is 0.102 e. The van der Waals surface area contributed by atoms with E-state index >= 15 is 0 Å². The number of aliphatic hydroxyl groups excluding tert-OH is 1. The van der Waals surface area contributed by atoms with E-state index < -0.39 is 0 Å². The van der Waals surface area contributed by atoms with E-state index in [-0.39, 0.29) is 6.61 Å². The molecule has 0 amide bonds. The topological polar surface area (TPSA) is 63.0 Å². The van der Waals surface area contributed by atoms with Gasteiger partial charge in [-0.1, -0.05) is 28.1 Å². The van der Waals surface area contributed by atoms with Gasteiger partial charge in [-0.15, -0.1) is 5.10 Å². The zero-order valence-corrected chi connectivity index (χ0v) is 12.4. The molecule has 0 aliphatic heterocycles. The number of aromatic nitrogens is 3. The Bertz CT molecular complexity index is 541. The highest BCUT2D eigenvalue weighted by atomic mass is 79.9. The standard InChI is InChI=1S/C13H17BrN4O/c1-2-10-7-11(14)3-4-13(10)15-8-12-9-18(5-6-19)17-16-12/h3-4,7,9,15,19H,2,5-6,8H2,1H3. The van der Waals surface area contributed by atoms with E-state index in [1.165, 1.54) is 5.56 Å². The molecule has 19 heavy (non-hydrogen) atoms. The van der Waals surface area contributed by atoms with Gasteiger partial charge in [0, 0.05) is 10.2 Å². The van der Waals surface area contributed by atoms with Crippen LogP contribution in [0.15, 0.2) is 28.9 Å². The van der Waals surface area contributed by atoms with Crippen molar-refractivity contribution in [3.63, 3.8) is 0 Å². The van der Waals surface area contributed by atoms with Crippen molar-refractivity contribution in [2.75, 3.05) is 11.9 Å². The fourth-order valence-corrected chi connectivity index (χ4v) is 2.25. The fraction of sp³-hybridized carbons (Fsp3) is 0.385. The number of nitrogens with one attached hydrogen (secondary N) is 1. The summed E-state index contributed by atoms with van der Waals surface area (Å²) in [5.74, 6) is 0. The molecule has 5 nitrogen and oxygen atoms in total. The Balaban J connectivity index is 2.01. The molecule has 2 aromatic rings. The van der Waals surface area contributed by atoms with Gasteiger partial charge in [-0.05, 0) is 30.2 Å². The summed E-state index contributed by atoms with van der Waals surface area (Å²) in [7, 11) is 0. The third-order valence-electron chi connectivity index (χ3n) is 2.82. The number of aryl methyl sites for hydroxylation is 1. The highest BCUT2D eigenvalue weighted by Crippen LogP contribution is 2.21. The van der Waals surface area contributed by atoms with E-state index in [4.69, 9.17) is 5.11 Å². The Morgan fingerprint density at radius 3 is 3.00 bits per heavy atom. The first-order chi connectivity index (χ1) is 9.22. The number of nitrogens with zero attached hydrogens (tertiary/aromatic N) is 3. The molecule has 0 radical (unpaired) electrons. The normalized spacial score (nSPS) is 10.7. The second-order valence-corrected chi connectivity index (χ2v) is 5.12. The second-order valence-electron chi connectivity index (χ2n) is 4.21. The van der Waals surface area contributed by atoms with Gasteiger partial charge in [-0.3, -0.25) is 0 Å². The maximum atomic E-state index is 8.82. The number of hydrogen-bond acceptors (Lipinski definition) is 4. The number of rotatable bonds is 6. The molecule has 6 heteroatoms. The van der Waals surface area contributed by atoms with Crippen LogP contribution in [-0.4, -0.2) is 26.7 Å². The molecule has 2 N–H and O–H groups in total. The largest absolute Gasteiger partial charge is 0.394 e. The van der Waals surface area contributed by atoms with Gasteiger partial charge >= 0.3 is 0 Å². The molecule has 0 atom stereocenters. The van der Waals surface area contributed by atoms with Crippen LogP contribution in [0.3, 0.4) is 0 Å². The summed E-state index contributed by atoms with van der Waals surface area (Å²) in [5, 5.41) is 20.2. The lowest BCUT2D eigenvalue weighted by molar-refractivity contribution is 0.268. The van der Waals surface area contributed by atoms with Crippen LogP contribution in [0, 0.1) is 0 Å². The lowest BCUT2D eigenvalue weighted by Crippen LogP contribution is -2.03. The van der Waals surface area contributed by atoms with Crippen molar-refractivity contribution in [3.05, 3.63) is 40.1 Å². The first-order valence-corrected chi connectivity index (χ1v) is 7.04. The van der Waals surface area contributed by atoms with Crippen LogP contribution >= 0.6 is 15.9 Å². The first-order valence-electron chi connectivity index (χ1n) is 6.25. The first kappa shape index (κ1) is 14.0. The highest BCUT2D eigenvalue weighted by Gasteiger charge is 2.04. The summed E-state index contributed by atoms with van der Waals surface area (Å²) in [6, 6.07) is 6.19. The Morgan fingerprint density at radius 1 is 1.42 bits per heavy atom. The fourth-order valence-electron chi connectivity index (χ4n) is 1.84. The molecule has 1 heterocycles. The molecule has 0 bridgehead atoms. The van der Waals surface area contributed by atoms with Crippen LogP contribution in [0.5, 0.6) is 0 Å². The van der Waals surface area contributed by atoms with Crippen molar-refractivity contribution >= 4 is 21.6 Å². The van der Waals surface area contributed by atoms with Crippen LogP contribution in [0.25, 0.3) is 0 Å². The Hall–Kier alpha value is -1.40. The van der Waals surface area contributed by atoms with Gasteiger partial charge in [-0.25, -0.2) is 4.68 Å². The summed E-state index contributed by atoms with van der Waals surface area (Å²) in [6.45, 7) is 3.30.